The highest BCUT2D eigenvalue weighted by Gasteiger charge is 2.25. The van der Waals surface area contributed by atoms with Gasteiger partial charge in [0.1, 0.15) is 22.0 Å². The lowest BCUT2D eigenvalue weighted by atomic mass is 10.2. The van der Waals surface area contributed by atoms with E-state index >= 15 is 0 Å². The summed E-state index contributed by atoms with van der Waals surface area (Å²) in [6.45, 7) is 6.68. The Balaban J connectivity index is 1.94. The number of thiophene rings is 1. The summed E-state index contributed by atoms with van der Waals surface area (Å²) < 4.78 is 6.44. The number of fused-ring (bicyclic) bond motifs is 1. The summed E-state index contributed by atoms with van der Waals surface area (Å²) in [5, 5.41) is 1.64. The number of anilines is 2. The van der Waals surface area contributed by atoms with Crippen LogP contribution >= 0.6 is 23.1 Å². The first-order valence-corrected chi connectivity index (χ1v) is 12.4. The molecule has 0 unspecified atom stereocenters. The van der Waals surface area contributed by atoms with Gasteiger partial charge in [-0.1, -0.05) is 25.1 Å². The van der Waals surface area contributed by atoms with E-state index in [-0.39, 0.29) is 36.3 Å². The van der Waals surface area contributed by atoms with Gasteiger partial charge in [-0.05, 0) is 25.8 Å². The van der Waals surface area contributed by atoms with E-state index in [2.05, 4.69) is 15.0 Å². The molecular formula is C21H28N6O4S2. The van der Waals surface area contributed by atoms with Crippen molar-refractivity contribution in [3.63, 3.8) is 0 Å². The Morgan fingerprint density at radius 3 is 2.79 bits per heavy atom. The molecule has 33 heavy (non-hydrogen) atoms. The van der Waals surface area contributed by atoms with Crippen molar-refractivity contribution in [2.24, 2.45) is 0 Å². The van der Waals surface area contributed by atoms with Crippen molar-refractivity contribution in [2.45, 2.75) is 45.2 Å². The molecule has 0 bridgehead atoms. The summed E-state index contributed by atoms with van der Waals surface area (Å²) >= 11 is 2.86. The van der Waals surface area contributed by atoms with Crippen LogP contribution in [-0.2, 0) is 16.1 Å². The van der Waals surface area contributed by atoms with E-state index in [0.29, 0.717) is 18.0 Å². The number of nitrogens with one attached hydrogen (secondary N) is 1. The van der Waals surface area contributed by atoms with Gasteiger partial charge in [0.25, 0.3) is 5.56 Å². The Kier molecular flexibility index (Phi) is 8.27. The number of nitrogen functional groups attached to an aromatic ring is 1. The maximum atomic E-state index is 13.3. The molecule has 3 aromatic heterocycles. The lowest BCUT2D eigenvalue weighted by Crippen LogP contribution is -2.43. The lowest BCUT2D eigenvalue weighted by Gasteiger charge is -2.24. The van der Waals surface area contributed by atoms with Gasteiger partial charge >= 0.3 is 5.69 Å². The van der Waals surface area contributed by atoms with Crippen LogP contribution in [0.2, 0.25) is 0 Å². The minimum Gasteiger partial charge on any atom is -0.383 e. The van der Waals surface area contributed by atoms with Gasteiger partial charge in [0.05, 0.1) is 12.4 Å². The maximum Gasteiger partial charge on any atom is 0.330 e. The monoisotopic (exact) mass is 492 g/mol. The SMILES string of the molecule is CCCCn1c(N)c(N(CCOC)C(=O)CSc2ncnc3sc(C)c(C)c23)c(=O)[nH]c1=O. The number of aryl methyl sites for hydroxylation is 2. The van der Waals surface area contributed by atoms with Crippen LogP contribution < -0.4 is 21.9 Å². The zero-order valence-corrected chi connectivity index (χ0v) is 20.8. The van der Waals surface area contributed by atoms with Crippen LogP contribution in [0, 0.1) is 13.8 Å². The molecule has 0 aromatic carbocycles. The van der Waals surface area contributed by atoms with Crippen molar-refractivity contribution >= 4 is 50.7 Å². The lowest BCUT2D eigenvalue weighted by molar-refractivity contribution is -0.116. The minimum absolute atomic E-state index is 0.0249. The number of hydrogen-bond donors (Lipinski definition) is 2. The topological polar surface area (TPSA) is 136 Å². The van der Waals surface area contributed by atoms with Gasteiger partial charge in [-0.2, -0.15) is 0 Å². The van der Waals surface area contributed by atoms with E-state index < -0.39 is 11.2 Å². The molecule has 3 heterocycles. The number of aromatic nitrogens is 4. The molecule has 0 atom stereocenters. The van der Waals surface area contributed by atoms with Gasteiger partial charge in [-0.15, -0.1) is 11.3 Å². The number of nitrogens with zero attached hydrogens (tertiary/aromatic N) is 4. The van der Waals surface area contributed by atoms with Crippen LogP contribution in [0.25, 0.3) is 10.2 Å². The zero-order valence-electron chi connectivity index (χ0n) is 19.1. The molecule has 0 aliphatic rings. The zero-order chi connectivity index (χ0) is 24.1. The van der Waals surface area contributed by atoms with Gasteiger partial charge in [0.15, 0.2) is 5.69 Å². The van der Waals surface area contributed by atoms with Crippen molar-refractivity contribution in [3.8, 4) is 0 Å². The van der Waals surface area contributed by atoms with Gasteiger partial charge in [-0.25, -0.2) is 14.8 Å². The van der Waals surface area contributed by atoms with Crippen LogP contribution in [0.1, 0.15) is 30.2 Å². The molecule has 0 aliphatic heterocycles. The highest BCUT2D eigenvalue weighted by Crippen LogP contribution is 2.34. The Morgan fingerprint density at radius 2 is 2.09 bits per heavy atom. The summed E-state index contributed by atoms with van der Waals surface area (Å²) in [6.07, 6.45) is 3.04. The fourth-order valence-electron chi connectivity index (χ4n) is 3.39. The van der Waals surface area contributed by atoms with Crippen LogP contribution in [0.3, 0.4) is 0 Å². The van der Waals surface area contributed by atoms with Crippen molar-refractivity contribution in [3.05, 3.63) is 37.6 Å². The number of thioether (sulfide) groups is 1. The Morgan fingerprint density at radius 1 is 1.33 bits per heavy atom. The molecule has 12 heteroatoms. The van der Waals surface area contributed by atoms with E-state index in [0.717, 1.165) is 27.1 Å². The van der Waals surface area contributed by atoms with E-state index in [1.165, 1.54) is 34.7 Å². The van der Waals surface area contributed by atoms with E-state index in [1.54, 1.807) is 11.3 Å². The van der Waals surface area contributed by atoms with Crippen molar-refractivity contribution < 1.29 is 9.53 Å². The second-order valence-corrected chi connectivity index (χ2v) is 9.63. The summed E-state index contributed by atoms with van der Waals surface area (Å²) in [5.74, 6) is -0.344. The molecule has 10 nitrogen and oxygen atoms in total. The number of methoxy groups -OCH3 is 1. The number of H-pyrrole nitrogens is 1. The number of carbonyl (C=O) groups excluding carboxylic acids is 1. The van der Waals surface area contributed by atoms with Crippen LogP contribution in [0.4, 0.5) is 11.5 Å². The fourth-order valence-corrected chi connectivity index (χ4v) is 5.38. The van der Waals surface area contributed by atoms with Crippen LogP contribution in [-0.4, -0.2) is 51.4 Å². The average molecular weight is 493 g/mol. The third-order valence-electron chi connectivity index (χ3n) is 5.30. The molecule has 178 valence electrons. The van der Waals surface area contributed by atoms with Crippen molar-refractivity contribution in [1.82, 2.24) is 19.5 Å². The highest BCUT2D eigenvalue weighted by molar-refractivity contribution is 8.00. The largest absolute Gasteiger partial charge is 0.383 e. The number of nitrogens with two attached hydrogens (primary N) is 1. The van der Waals surface area contributed by atoms with Crippen molar-refractivity contribution in [2.75, 3.05) is 36.6 Å². The summed E-state index contributed by atoms with van der Waals surface area (Å²) in [5.41, 5.74) is 5.98. The summed E-state index contributed by atoms with van der Waals surface area (Å²) in [4.78, 5) is 52.5. The second kappa shape index (κ2) is 10.9. The Hall–Kier alpha value is -2.70. The minimum atomic E-state index is -0.701. The van der Waals surface area contributed by atoms with E-state index in [1.807, 2.05) is 20.8 Å². The molecule has 3 rings (SSSR count). The van der Waals surface area contributed by atoms with Gasteiger partial charge in [0.2, 0.25) is 5.91 Å². The molecular weight excluding hydrogens is 464 g/mol. The molecule has 0 spiro atoms. The first kappa shape index (κ1) is 24.9. The van der Waals surface area contributed by atoms with Crippen LogP contribution in [0.15, 0.2) is 20.9 Å². The maximum absolute atomic E-state index is 13.3. The third-order valence-corrected chi connectivity index (χ3v) is 7.39. The number of rotatable bonds is 10. The number of ether oxygens (including phenoxy) is 1. The molecule has 0 saturated carbocycles. The number of aromatic amines is 1. The first-order valence-electron chi connectivity index (χ1n) is 10.6. The highest BCUT2D eigenvalue weighted by atomic mass is 32.2. The van der Waals surface area contributed by atoms with E-state index in [9.17, 15) is 14.4 Å². The van der Waals surface area contributed by atoms with Gasteiger partial charge in [-0.3, -0.25) is 19.1 Å². The Bertz CT molecular complexity index is 1270. The number of unbranched alkanes of at least 4 members (excludes halogenated alkanes) is 1. The molecule has 0 saturated heterocycles. The molecule has 0 fully saturated rings. The standard InChI is InChI=1S/C21H28N6O4S2/c1-5-6-7-27-17(22)16(18(29)25-21(27)30)26(8-9-31-4)14(28)10-32-19-15-12(2)13(3)33-20(15)24-11-23-19/h11H,5-10,22H2,1-4H3,(H,25,29,30). The molecule has 0 radical (unpaired) electrons. The van der Waals surface area contributed by atoms with Crippen molar-refractivity contribution in [1.29, 1.82) is 0 Å². The quantitative estimate of drug-likeness (QED) is 0.325. The van der Waals surface area contributed by atoms with Gasteiger partial charge in [0, 0.05) is 30.5 Å². The molecule has 0 aliphatic carbocycles. The smallest absolute Gasteiger partial charge is 0.330 e. The average Bonchev–Trinajstić information content (AvgIpc) is 3.08. The normalized spacial score (nSPS) is 11.3. The molecule has 3 aromatic rings. The predicted molar refractivity (Wildman–Crippen MR) is 132 cm³/mol. The summed E-state index contributed by atoms with van der Waals surface area (Å²) in [6, 6.07) is 0. The first-order chi connectivity index (χ1) is 15.8. The third kappa shape index (κ3) is 5.28. The van der Waals surface area contributed by atoms with Gasteiger partial charge < -0.3 is 15.4 Å². The van der Waals surface area contributed by atoms with Crippen LogP contribution in [0.5, 0.6) is 0 Å². The Labute approximate surface area is 199 Å². The second-order valence-electron chi connectivity index (χ2n) is 7.47. The number of amides is 1. The van der Waals surface area contributed by atoms with E-state index in [4.69, 9.17) is 10.5 Å². The number of hydrogen-bond acceptors (Lipinski definition) is 9. The molecule has 3 N–H and O–H groups in total. The molecule has 1 amide bonds. The number of carbonyl (C=O) groups is 1. The fraction of sp³-hybridized carbons (Fsp3) is 0.476. The predicted octanol–water partition coefficient (Wildman–Crippen LogP) is 2.31. The summed E-state index contributed by atoms with van der Waals surface area (Å²) in [7, 11) is 1.51.